The zero-order chi connectivity index (χ0) is 9.10. The fourth-order valence-corrected chi connectivity index (χ4v) is 1.63. The molecule has 0 saturated heterocycles. The van der Waals surface area contributed by atoms with Crippen molar-refractivity contribution < 1.29 is 4.79 Å². The molecule has 64 valence electrons. The number of carbonyl (C=O) groups excluding carboxylic acids is 1. The van der Waals surface area contributed by atoms with Crippen LogP contribution in [0.15, 0.2) is 29.8 Å². The van der Waals surface area contributed by atoms with Crippen LogP contribution in [-0.4, -0.2) is 16.3 Å². The number of hydrogen-bond donors (Lipinski definition) is 0. The van der Waals surface area contributed by atoms with E-state index in [9.17, 15) is 4.79 Å². The van der Waals surface area contributed by atoms with Crippen molar-refractivity contribution in [3.05, 3.63) is 35.5 Å². The summed E-state index contributed by atoms with van der Waals surface area (Å²) in [5, 5.41) is 1.95. The van der Waals surface area contributed by atoms with Gasteiger partial charge in [-0.1, -0.05) is 6.07 Å². The van der Waals surface area contributed by atoms with Crippen LogP contribution in [0.5, 0.6) is 0 Å². The van der Waals surface area contributed by atoms with Crippen LogP contribution in [0.25, 0.3) is 10.7 Å². The maximum absolute atomic E-state index is 10.4. The highest BCUT2D eigenvalue weighted by Gasteiger charge is 2.01. The van der Waals surface area contributed by atoms with Crippen LogP contribution in [0.2, 0.25) is 0 Å². The lowest BCUT2D eigenvalue weighted by atomic mass is 10.4. The lowest BCUT2D eigenvalue weighted by molar-refractivity contribution is 0.111. The summed E-state index contributed by atoms with van der Waals surface area (Å²) in [4.78, 5) is 19.6. The first-order valence-corrected chi connectivity index (χ1v) is 4.60. The van der Waals surface area contributed by atoms with Gasteiger partial charge in [0.2, 0.25) is 0 Å². The highest BCUT2D eigenvalue weighted by Crippen LogP contribution is 2.19. The first-order valence-electron chi connectivity index (χ1n) is 3.72. The lowest BCUT2D eigenvalue weighted by Gasteiger charge is -1.94. The molecule has 0 aliphatic rings. The molecule has 2 heterocycles. The summed E-state index contributed by atoms with van der Waals surface area (Å²) >= 11 is 1.55. The predicted molar refractivity (Wildman–Crippen MR) is 50.7 cm³/mol. The summed E-state index contributed by atoms with van der Waals surface area (Å²) in [6.07, 6.45) is 2.31. The Kier molecular flexibility index (Phi) is 2.14. The first-order chi connectivity index (χ1) is 6.40. The lowest BCUT2D eigenvalue weighted by Crippen LogP contribution is -1.91. The van der Waals surface area contributed by atoms with Gasteiger partial charge in [-0.25, -0.2) is 9.97 Å². The first kappa shape index (κ1) is 8.07. The maximum atomic E-state index is 10.4. The van der Waals surface area contributed by atoms with Gasteiger partial charge >= 0.3 is 0 Å². The highest BCUT2D eigenvalue weighted by molar-refractivity contribution is 7.13. The second kappa shape index (κ2) is 3.45. The van der Waals surface area contributed by atoms with E-state index in [0.717, 1.165) is 11.2 Å². The minimum atomic E-state index is 0.415. The molecule has 0 atom stereocenters. The normalized spacial score (nSPS) is 9.85. The van der Waals surface area contributed by atoms with Gasteiger partial charge in [0, 0.05) is 6.20 Å². The number of carbonyl (C=O) groups is 1. The Morgan fingerprint density at radius 3 is 3.00 bits per heavy atom. The van der Waals surface area contributed by atoms with Crippen molar-refractivity contribution in [1.29, 1.82) is 0 Å². The van der Waals surface area contributed by atoms with Crippen molar-refractivity contribution >= 4 is 17.6 Å². The van der Waals surface area contributed by atoms with Crippen LogP contribution < -0.4 is 0 Å². The summed E-state index contributed by atoms with van der Waals surface area (Å²) in [6, 6.07) is 5.44. The van der Waals surface area contributed by atoms with Gasteiger partial charge in [0.1, 0.15) is 5.69 Å². The van der Waals surface area contributed by atoms with Crippen LogP contribution in [0, 0.1) is 0 Å². The minimum absolute atomic E-state index is 0.415. The van der Waals surface area contributed by atoms with E-state index in [-0.39, 0.29) is 0 Å². The van der Waals surface area contributed by atoms with Gasteiger partial charge in [-0.05, 0) is 17.5 Å². The molecular formula is C9H6N2OS. The number of nitrogens with zero attached hydrogens (tertiary/aromatic N) is 2. The van der Waals surface area contributed by atoms with Crippen molar-refractivity contribution in [3.63, 3.8) is 0 Å². The zero-order valence-corrected chi connectivity index (χ0v) is 7.49. The Morgan fingerprint density at radius 2 is 2.31 bits per heavy atom. The number of thiophene rings is 1. The maximum Gasteiger partial charge on any atom is 0.170 e. The van der Waals surface area contributed by atoms with E-state index in [1.807, 2.05) is 17.5 Å². The van der Waals surface area contributed by atoms with E-state index >= 15 is 0 Å². The molecule has 0 fully saturated rings. The van der Waals surface area contributed by atoms with Crippen LogP contribution in [0.3, 0.4) is 0 Å². The summed E-state index contributed by atoms with van der Waals surface area (Å²) in [6.45, 7) is 0. The molecule has 0 unspecified atom stereocenters. The van der Waals surface area contributed by atoms with Gasteiger partial charge in [0.05, 0.1) is 4.88 Å². The van der Waals surface area contributed by atoms with Crippen molar-refractivity contribution in [2.45, 2.75) is 0 Å². The highest BCUT2D eigenvalue weighted by atomic mass is 32.1. The Hall–Kier alpha value is -1.55. The zero-order valence-electron chi connectivity index (χ0n) is 6.68. The fourth-order valence-electron chi connectivity index (χ4n) is 0.963. The summed E-state index contributed by atoms with van der Waals surface area (Å²) < 4.78 is 0. The molecular weight excluding hydrogens is 184 g/mol. The molecule has 0 N–H and O–H groups in total. The quantitative estimate of drug-likeness (QED) is 0.680. The van der Waals surface area contributed by atoms with Gasteiger partial charge in [0.25, 0.3) is 0 Å². The Morgan fingerprint density at radius 1 is 1.38 bits per heavy atom. The van der Waals surface area contributed by atoms with Gasteiger partial charge < -0.3 is 0 Å². The van der Waals surface area contributed by atoms with Crippen LogP contribution in [-0.2, 0) is 0 Å². The Labute approximate surface area is 79.1 Å². The summed E-state index contributed by atoms with van der Waals surface area (Å²) in [5.74, 6) is 0.611. The summed E-state index contributed by atoms with van der Waals surface area (Å²) in [5.41, 5.74) is 0.415. The molecule has 0 amide bonds. The average Bonchev–Trinajstić information content (AvgIpc) is 2.71. The largest absolute Gasteiger partial charge is 0.296 e. The van der Waals surface area contributed by atoms with Crippen molar-refractivity contribution in [1.82, 2.24) is 9.97 Å². The monoisotopic (exact) mass is 190 g/mol. The molecule has 4 heteroatoms. The van der Waals surface area contributed by atoms with Gasteiger partial charge in [-0.2, -0.15) is 0 Å². The standard InChI is InChI=1S/C9H6N2OS/c12-6-7-3-4-10-9(11-7)8-2-1-5-13-8/h1-6H. The third-order valence-electron chi connectivity index (χ3n) is 1.54. The van der Waals surface area contributed by atoms with E-state index in [1.165, 1.54) is 0 Å². The third-order valence-corrected chi connectivity index (χ3v) is 2.41. The van der Waals surface area contributed by atoms with Gasteiger partial charge in [-0.3, -0.25) is 4.79 Å². The molecule has 2 aromatic rings. The fraction of sp³-hybridized carbons (Fsp3) is 0. The predicted octanol–water partition coefficient (Wildman–Crippen LogP) is 2.02. The molecule has 0 aliphatic heterocycles. The van der Waals surface area contributed by atoms with Crippen LogP contribution in [0.1, 0.15) is 10.5 Å². The molecule has 2 rings (SSSR count). The van der Waals surface area contributed by atoms with Crippen molar-refractivity contribution in [3.8, 4) is 10.7 Å². The van der Waals surface area contributed by atoms with Crippen molar-refractivity contribution in [2.24, 2.45) is 0 Å². The number of aldehydes is 1. The van der Waals surface area contributed by atoms with E-state index in [0.29, 0.717) is 11.5 Å². The number of rotatable bonds is 2. The second-order valence-corrected chi connectivity index (χ2v) is 3.35. The van der Waals surface area contributed by atoms with E-state index in [4.69, 9.17) is 0 Å². The third kappa shape index (κ3) is 1.62. The summed E-state index contributed by atoms with van der Waals surface area (Å²) in [7, 11) is 0. The molecule has 2 aromatic heterocycles. The molecule has 0 spiro atoms. The smallest absolute Gasteiger partial charge is 0.170 e. The van der Waals surface area contributed by atoms with Crippen LogP contribution in [0.4, 0.5) is 0 Å². The van der Waals surface area contributed by atoms with E-state index in [1.54, 1.807) is 23.6 Å². The molecule has 0 radical (unpaired) electrons. The molecule has 0 bridgehead atoms. The molecule has 0 saturated carbocycles. The molecule has 0 aromatic carbocycles. The van der Waals surface area contributed by atoms with E-state index < -0.39 is 0 Å². The van der Waals surface area contributed by atoms with Crippen molar-refractivity contribution in [2.75, 3.05) is 0 Å². The van der Waals surface area contributed by atoms with Gasteiger partial charge in [-0.15, -0.1) is 11.3 Å². The van der Waals surface area contributed by atoms with E-state index in [2.05, 4.69) is 9.97 Å². The second-order valence-electron chi connectivity index (χ2n) is 2.40. The molecule has 13 heavy (non-hydrogen) atoms. The number of hydrogen-bond acceptors (Lipinski definition) is 4. The molecule has 0 aliphatic carbocycles. The number of aromatic nitrogens is 2. The SMILES string of the molecule is O=Cc1ccnc(-c2cccs2)n1. The Balaban J connectivity index is 2.47. The topological polar surface area (TPSA) is 42.9 Å². The molecule has 3 nitrogen and oxygen atoms in total. The Bertz CT molecular complexity index is 411. The minimum Gasteiger partial charge on any atom is -0.296 e. The van der Waals surface area contributed by atoms with Crippen LogP contribution >= 0.6 is 11.3 Å². The average molecular weight is 190 g/mol. The van der Waals surface area contributed by atoms with Gasteiger partial charge in [0.15, 0.2) is 12.1 Å².